The Morgan fingerprint density at radius 2 is 1.86 bits per heavy atom. The number of halogens is 1. The lowest BCUT2D eigenvalue weighted by Crippen LogP contribution is -2.21. The second-order valence-corrected chi connectivity index (χ2v) is 6.41. The summed E-state index contributed by atoms with van der Waals surface area (Å²) < 4.78 is 7.78. The minimum absolute atomic E-state index is 0.0718. The average molecular weight is 305 g/mol. The van der Waals surface area contributed by atoms with E-state index in [2.05, 4.69) is 25.9 Å². The largest absolute Gasteiger partial charge is 0.375 e. The van der Waals surface area contributed by atoms with Gasteiger partial charge in [-0.3, -0.25) is 0 Å². The lowest BCUT2D eigenvalue weighted by molar-refractivity contribution is 0.0508. The summed E-state index contributed by atoms with van der Waals surface area (Å²) in [5.74, 6) is 0.762. The SMILES string of the molecule is CC1OC(C)C(C(Cl)c2cnn(-c3ccccc3)c2)C1C. The third-order valence-corrected chi connectivity index (χ3v) is 5.14. The molecule has 0 aliphatic carbocycles. The van der Waals surface area contributed by atoms with Crippen molar-refractivity contribution >= 4 is 11.6 Å². The first kappa shape index (κ1) is 14.6. The van der Waals surface area contributed by atoms with E-state index < -0.39 is 0 Å². The van der Waals surface area contributed by atoms with Crippen LogP contribution in [0.25, 0.3) is 5.69 Å². The molecule has 0 radical (unpaired) electrons. The fourth-order valence-corrected chi connectivity index (χ4v) is 3.77. The molecule has 5 atom stereocenters. The lowest BCUT2D eigenvalue weighted by Gasteiger charge is -2.23. The number of aromatic nitrogens is 2. The van der Waals surface area contributed by atoms with Crippen molar-refractivity contribution < 1.29 is 4.74 Å². The molecule has 5 unspecified atom stereocenters. The quantitative estimate of drug-likeness (QED) is 0.794. The first-order chi connectivity index (χ1) is 10.1. The van der Waals surface area contributed by atoms with E-state index in [1.165, 1.54) is 0 Å². The maximum absolute atomic E-state index is 6.73. The summed E-state index contributed by atoms with van der Waals surface area (Å²) in [6.45, 7) is 6.45. The number of nitrogens with zero attached hydrogens (tertiary/aromatic N) is 2. The summed E-state index contributed by atoms with van der Waals surface area (Å²) in [4.78, 5) is 0. The number of alkyl halides is 1. The van der Waals surface area contributed by atoms with Crippen LogP contribution in [0.15, 0.2) is 42.7 Å². The zero-order valence-electron chi connectivity index (χ0n) is 12.6. The van der Waals surface area contributed by atoms with Crippen LogP contribution >= 0.6 is 11.6 Å². The van der Waals surface area contributed by atoms with Gasteiger partial charge < -0.3 is 4.74 Å². The number of rotatable bonds is 3. The molecule has 1 aromatic carbocycles. The van der Waals surface area contributed by atoms with Crippen molar-refractivity contribution in [3.05, 3.63) is 48.3 Å². The van der Waals surface area contributed by atoms with E-state index in [0.717, 1.165) is 11.3 Å². The Labute approximate surface area is 130 Å². The molecule has 0 N–H and O–H groups in total. The van der Waals surface area contributed by atoms with E-state index in [1.54, 1.807) is 0 Å². The average Bonchev–Trinajstić information content (AvgIpc) is 3.06. The van der Waals surface area contributed by atoms with E-state index in [4.69, 9.17) is 16.3 Å². The topological polar surface area (TPSA) is 27.1 Å². The Bertz CT molecular complexity index is 598. The molecule has 1 fully saturated rings. The van der Waals surface area contributed by atoms with Crippen LogP contribution < -0.4 is 0 Å². The van der Waals surface area contributed by atoms with E-state index in [9.17, 15) is 0 Å². The maximum atomic E-state index is 6.73. The van der Waals surface area contributed by atoms with Gasteiger partial charge in [-0.1, -0.05) is 25.1 Å². The van der Waals surface area contributed by atoms with Crippen molar-refractivity contribution in [2.45, 2.75) is 38.4 Å². The molecule has 4 heteroatoms. The molecule has 1 aromatic heterocycles. The van der Waals surface area contributed by atoms with Crippen LogP contribution in [0.2, 0.25) is 0 Å². The standard InChI is InChI=1S/C17H21ClN2O/c1-11-12(2)21-13(3)16(11)17(18)14-9-19-20(10-14)15-7-5-4-6-8-15/h4-13,16-17H,1-3H3. The van der Waals surface area contributed by atoms with Crippen molar-refractivity contribution in [2.75, 3.05) is 0 Å². The van der Waals surface area contributed by atoms with Crippen LogP contribution in [0.3, 0.4) is 0 Å². The smallest absolute Gasteiger partial charge is 0.0672 e. The first-order valence-electron chi connectivity index (χ1n) is 7.47. The van der Waals surface area contributed by atoms with Crippen molar-refractivity contribution in [2.24, 2.45) is 11.8 Å². The van der Waals surface area contributed by atoms with E-state index in [-0.39, 0.29) is 17.6 Å². The molecule has 3 rings (SSSR count). The highest BCUT2D eigenvalue weighted by Crippen LogP contribution is 2.43. The predicted molar refractivity (Wildman–Crippen MR) is 84.8 cm³/mol. The second kappa shape index (κ2) is 5.82. The zero-order chi connectivity index (χ0) is 15.0. The van der Waals surface area contributed by atoms with Gasteiger partial charge in [-0.05, 0) is 31.9 Å². The van der Waals surface area contributed by atoms with Crippen LogP contribution in [-0.2, 0) is 4.74 Å². The second-order valence-electron chi connectivity index (χ2n) is 5.94. The molecule has 1 aliphatic rings. The summed E-state index contributed by atoms with van der Waals surface area (Å²) in [6.07, 6.45) is 4.33. The van der Waals surface area contributed by atoms with Gasteiger partial charge in [0, 0.05) is 17.7 Å². The normalized spacial score (nSPS) is 30.5. The summed E-state index contributed by atoms with van der Waals surface area (Å²) in [5.41, 5.74) is 2.10. The molecule has 1 saturated heterocycles. The van der Waals surface area contributed by atoms with Crippen LogP contribution in [-0.4, -0.2) is 22.0 Å². The Morgan fingerprint density at radius 1 is 1.14 bits per heavy atom. The van der Waals surface area contributed by atoms with E-state index in [1.807, 2.05) is 47.4 Å². The minimum atomic E-state index is -0.0718. The molecule has 2 heterocycles. The van der Waals surface area contributed by atoms with Gasteiger partial charge in [-0.25, -0.2) is 4.68 Å². The van der Waals surface area contributed by atoms with Gasteiger partial charge in [-0.2, -0.15) is 5.10 Å². The first-order valence-corrected chi connectivity index (χ1v) is 7.91. The number of benzene rings is 1. The maximum Gasteiger partial charge on any atom is 0.0672 e. The van der Waals surface area contributed by atoms with E-state index >= 15 is 0 Å². The number of hydrogen-bond donors (Lipinski definition) is 0. The van der Waals surface area contributed by atoms with Gasteiger partial charge >= 0.3 is 0 Å². The third-order valence-electron chi connectivity index (χ3n) is 4.60. The van der Waals surface area contributed by atoms with Crippen molar-refractivity contribution in [3.8, 4) is 5.69 Å². The molecule has 2 aromatic rings. The summed E-state index contributed by atoms with van der Waals surface area (Å²) in [7, 11) is 0. The zero-order valence-corrected chi connectivity index (χ0v) is 13.4. The van der Waals surface area contributed by atoms with Crippen molar-refractivity contribution in [1.82, 2.24) is 9.78 Å². The number of para-hydroxylation sites is 1. The lowest BCUT2D eigenvalue weighted by atomic mass is 9.85. The molecular formula is C17H21ClN2O. The van der Waals surface area contributed by atoms with Crippen LogP contribution in [0, 0.1) is 11.8 Å². The molecule has 112 valence electrons. The Balaban J connectivity index is 1.83. The fraction of sp³-hybridized carbons (Fsp3) is 0.471. The molecule has 0 bridgehead atoms. The van der Waals surface area contributed by atoms with Crippen LogP contribution in [0.5, 0.6) is 0 Å². The number of hydrogen-bond acceptors (Lipinski definition) is 2. The third kappa shape index (κ3) is 2.72. The van der Waals surface area contributed by atoms with Gasteiger partial charge in [0.15, 0.2) is 0 Å². The minimum Gasteiger partial charge on any atom is -0.375 e. The van der Waals surface area contributed by atoms with Crippen LogP contribution in [0.4, 0.5) is 0 Å². The summed E-state index contributed by atoms with van der Waals surface area (Å²) in [6, 6.07) is 10.1. The Kier molecular flexibility index (Phi) is 4.05. The van der Waals surface area contributed by atoms with Gasteiger partial charge in [0.2, 0.25) is 0 Å². The summed E-state index contributed by atoms with van der Waals surface area (Å²) >= 11 is 6.73. The Morgan fingerprint density at radius 3 is 2.48 bits per heavy atom. The fourth-order valence-electron chi connectivity index (χ4n) is 3.22. The molecule has 3 nitrogen and oxygen atoms in total. The monoisotopic (exact) mass is 304 g/mol. The van der Waals surface area contributed by atoms with Crippen LogP contribution in [0.1, 0.15) is 31.7 Å². The Hall–Kier alpha value is -1.32. The molecule has 1 aliphatic heterocycles. The van der Waals surface area contributed by atoms with Gasteiger partial charge in [0.05, 0.1) is 29.5 Å². The highest BCUT2D eigenvalue weighted by atomic mass is 35.5. The predicted octanol–water partition coefficient (Wildman–Crippen LogP) is 4.21. The molecule has 21 heavy (non-hydrogen) atoms. The molecule has 0 amide bonds. The molecule has 0 saturated carbocycles. The van der Waals surface area contributed by atoms with Gasteiger partial charge in [0.1, 0.15) is 0 Å². The highest BCUT2D eigenvalue weighted by molar-refractivity contribution is 6.21. The molecule has 0 spiro atoms. The van der Waals surface area contributed by atoms with Gasteiger partial charge in [-0.15, -0.1) is 11.6 Å². The summed E-state index contributed by atoms with van der Waals surface area (Å²) in [5, 5.41) is 4.37. The molecular weight excluding hydrogens is 284 g/mol. The highest BCUT2D eigenvalue weighted by Gasteiger charge is 2.41. The number of ether oxygens (including phenoxy) is 1. The van der Waals surface area contributed by atoms with Gasteiger partial charge in [0.25, 0.3) is 0 Å². The van der Waals surface area contributed by atoms with Crippen molar-refractivity contribution in [3.63, 3.8) is 0 Å². The van der Waals surface area contributed by atoms with E-state index in [0.29, 0.717) is 11.8 Å². The van der Waals surface area contributed by atoms with Crippen molar-refractivity contribution in [1.29, 1.82) is 0 Å².